The SMILES string of the molecule is CC[C@H]1CNC(=O)[C@H]1OC. The number of amides is 1. The van der Waals surface area contributed by atoms with E-state index in [1.807, 2.05) is 0 Å². The molecule has 0 spiro atoms. The molecule has 1 heterocycles. The summed E-state index contributed by atoms with van der Waals surface area (Å²) in [6.45, 7) is 2.84. The van der Waals surface area contributed by atoms with Crippen LogP contribution < -0.4 is 5.32 Å². The zero-order valence-electron chi connectivity index (χ0n) is 6.39. The van der Waals surface area contributed by atoms with E-state index in [1.165, 1.54) is 0 Å². The van der Waals surface area contributed by atoms with Gasteiger partial charge in [-0.3, -0.25) is 4.79 Å². The second-order valence-electron chi connectivity index (χ2n) is 2.57. The van der Waals surface area contributed by atoms with Crippen molar-refractivity contribution in [2.24, 2.45) is 5.92 Å². The number of rotatable bonds is 2. The molecule has 0 radical (unpaired) electrons. The molecule has 58 valence electrons. The van der Waals surface area contributed by atoms with Crippen molar-refractivity contribution in [3.05, 3.63) is 0 Å². The fraction of sp³-hybridized carbons (Fsp3) is 0.857. The van der Waals surface area contributed by atoms with Crippen LogP contribution in [0.2, 0.25) is 0 Å². The Morgan fingerprint density at radius 2 is 2.50 bits per heavy atom. The average molecular weight is 143 g/mol. The lowest BCUT2D eigenvalue weighted by Crippen LogP contribution is -2.26. The van der Waals surface area contributed by atoms with Crippen molar-refractivity contribution < 1.29 is 9.53 Å². The third-order valence-corrected chi connectivity index (χ3v) is 2.00. The maximum atomic E-state index is 10.9. The number of hydrogen-bond acceptors (Lipinski definition) is 2. The Labute approximate surface area is 60.7 Å². The Morgan fingerprint density at radius 1 is 1.80 bits per heavy atom. The van der Waals surface area contributed by atoms with Gasteiger partial charge in [-0.1, -0.05) is 6.92 Å². The molecule has 0 aromatic carbocycles. The predicted molar refractivity (Wildman–Crippen MR) is 37.6 cm³/mol. The van der Waals surface area contributed by atoms with Gasteiger partial charge in [0.25, 0.3) is 0 Å². The number of nitrogens with one attached hydrogen (secondary N) is 1. The highest BCUT2D eigenvalue weighted by molar-refractivity contribution is 5.83. The van der Waals surface area contributed by atoms with Gasteiger partial charge in [-0.2, -0.15) is 0 Å². The van der Waals surface area contributed by atoms with E-state index in [2.05, 4.69) is 12.2 Å². The molecular weight excluding hydrogens is 130 g/mol. The largest absolute Gasteiger partial charge is 0.371 e. The summed E-state index contributed by atoms with van der Waals surface area (Å²) in [5.74, 6) is 0.409. The van der Waals surface area contributed by atoms with Crippen LogP contribution in [0.4, 0.5) is 0 Å². The molecule has 10 heavy (non-hydrogen) atoms. The monoisotopic (exact) mass is 143 g/mol. The van der Waals surface area contributed by atoms with Gasteiger partial charge in [0.1, 0.15) is 6.10 Å². The van der Waals surface area contributed by atoms with Gasteiger partial charge in [-0.05, 0) is 6.42 Å². The van der Waals surface area contributed by atoms with Gasteiger partial charge in [-0.25, -0.2) is 0 Å². The molecule has 0 aromatic rings. The molecule has 1 amide bonds. The van der Waals surface area contributed by atoms with Gasteiger partial charge in [0.05, 0.1) is 0 Å². The smallest absolute Gasteiger partial charge is 0.249 e. The number of hydrogen-bond donors (Lipinski definition) is 1. The zero-order chi connectivity index (χ0) is 7.56. The second kappa shape index (κ2) is 3.01. The van der Waals surface area contributed by atoms with Crippen LogP contribution in [0.3, 0.4) is 0 Å². The summed E-state index contributed by atoms with van der Waals surface area (Å²) in [4.78, 5) is 10.9. The van der Waals surface area contributed by atoms with Crippen LogP contribution in [0.15, 0.2) is 0 Å². The van der Waals surface area contributed by atoms with Crippen LogP contribution in [0, 0.1) is 5.92 Å². The van der Waals surface area contributed by atoms with Crippen LogP contribution in [0.25, 0.3) is 0 Å². The summed E-state index contributed by atoms with van der Waals surface area (Å²) >= 11 is 0. The highest BCUT2D eigenvalue weighted by Gasteiger charge is 2.32. The molecule has 1 saturated heterocycles. The number of ether oxygens (including phenoxy) is 1. The minimum Gasteiger partial charge on any atom is -0.371 e. The first-order valence-corrected chi connectivity index (χ1v) is 3.60. The first-order valence-electron chi connectivity index (χ1n) is 3.60. The van der Waals surface area contributed by atoms with Crippen LogP contribution in [-0.2, 0) is 9.53 Å². The molecule has 2 atom stereocenters. The minimum atomic E-state index is -0.204. The normalized spacial score (nSPS) is 32.4. The predicted octanol–water partition coefficient (Wildman–Crippen LogP) is 0.157. The number of carbonyl (C=O) groups is 1. The third kappa shape index (κ3) is 1.14. The maximum Gasteiger partial charge on any atom is 0.249 e. The molecule has 1 aliphatic heterocycles. The molecule has 1 aliphatic rings. The van der Waals surface area contributed by atoms with E-state index in [9.17, 15) is 4.79 Å². The van der Waals surface area contributed by atoms with Gasteiger partial charge in [0.15, 0.2) is 0 Å². The zero-order valence-corrected chi connectivity index (χ0v) is 6.39. The highest BCUT2D eigenvalue weighted by atomic mass is 16.5. The highest BCUT2D eigenvalue weighted by Crippen LogP contribution is 2.15. The van der Waals surface area contributed by atoms with E-state index in [4.69, 9.17) is 4.74 Å². The minimum absolute atomic E-state index is 0.0364. The maximum absolute atomic E-state index is 10.9. The van der Waals surface area contributed by atoms with E-state index < -0.39 is 0 Å². The van der Waals surface area contributed by atoms with Crippen molar-refractivity contribution in [2.75, 3.05) is 13.7 Å². The Kier molecular flexibility index (Phi) is 2.27. The molecule has 0 unspecified atom stereocenters. The van der Waals surface area contributed by atoms with Crippen molar-refractivity contribution in [3.8, 4) is 0 Å². The topological polar surface area (TPSA) is 38.3 Å². The Balaban J connectivity index is 2.54. The van der Waals surface area contributed by atoms with Crippen LogP contribution in [0.1, 0.15) is 13.3 Å². The summed E-state index contributed by atoms with van der Waals surface area (Å²) in [6.07, 6.45) is 0.794. The molecule has 0 aromatic heterocycles. The second-order valence-corrected chi connectivity index (χ2v) is 2.57. The first kappa shape index (κ1) is 7.54. The Morgan fingerprint density at radius 3 is 2.90 bits per heavy atom. The summed E-state index contributed by atoms with van der Waals surface area (Å²) in [7, 11) is 1.58. The molecular formula is C7H13NO2. The molecule has 1 N–H and O–H groups in total. The fourth-order valence-corrected chi connectivity index (χ4v) is 1.31. The van der Waals surface area contributed by atoms with Crippen LogP contribution in [-0.4, -0.2) is 25.7 Å². The van der Waals surface area contributed by atoms with E-state index in [0.717, 1.165) is 13.0 Å². The van der Waals surface area contributed by atoms with E-state index in [1.54, 1.807) is 7.11 Å². The van der Waals surface area contributed by atoms with E-state index >= 15 is 0 Å². The number of methoxy groups -OCH3 is 1. The number of carbonyl (C=O) groups excluding carboxylic acids is 1. The third-order valence-electron chi connectivity index (χ3n) is 2.00. The molecule has 1 rings (SSSR count). The van der Waals surface area contributed by atoms with Crippen molar-refractivity contribution >= 4 is 5.91 Å². The Bertz CT molecular complexity index is 136. The van der Waals surface area contributed by atoms with Gasteiger partial charge in [0.2, 0.25) is 5.91 Å². The van der Waals surface area contributed by atoms with Gasteiger partial charge in [0, 0.05) is 19.6 Å². The van der Waals surface area contributed by atoms with Gasteiger partial charge in [-0.15, -0.1) is 0 Å². The lowest BCUT2D eigenvalue weighted by atomic mass is 10.0. The molecule has 0 saturated carbocycles. The molecule has 1 fully saturated rings. The Hall–Kier alpha value is -0.570. The fourth-order valence-electron chi connectivity index (χ4n) is 1.31. The van der Waals surface area contributed by atoms with Crippen molar-refractivity contribution in [1.82, 2.24) is 5.32 Å². The summed E-state index contributed by atoms with van der Waals surface area (Å²) < 4.78 is 5.01. The summed E-state index contributed by atoms with van der Waals surface area (Å²) in [5.41, 5.74) is 0. The molecule has 0 aliphatic carbocycles. The lowest BCUT2D eigenvalue weighted by molar-refractivity contribution is -0.128. The van der Waals surface area contributed by atoms with Gasteiger partial charge >= 0.3 is 0 Å². The quantitative estimate of drug-likeness (QED) is 0.598. The molecule has 3 heteroatoms. The van der Waals surface area contributed by atoms with Crippen molar-refractivity contribution in [1.29, 1.82) is 0 Å². The average Bonchev–Trinajstić information content (AvgIpc) is 2.30. The van der Waals surface area contributed by atoms with Gasteiger partial charge < -0.3 is 10.1 Å². The van der Waals surface area contributed by atoms with Crippen LogP contribution in [0.5, 0.6) is 0 Å². The van der Waals surface area contributed by atoms with Crippen molar-refractivity contribution in [2.45, 2.75) is 19.4 Å². The molecule has 3 nitrogen and oxygen atoms in total. The summed E-state index contributed by atoms with van der Waals surface area (Å²) in [6, 6.07) is 0. The summed E-state index contributed by atoms with van der Waals surface area (Å²) in [5, 5.41) is 2.76. The van der Waals surface area contributed by atoms with Crippen LogP contribution >= 0.6 is 0 Å². The van der Waals surface area contributed by atoms with E-state index in [0.29, 0.717) is 5.92 Å². The molecule has 0 bridgehead atoms. The van der Waals surface area contributed by atoms with E-state index in [-0.39, 0.29) is 12.0 Å². The standard InChI is InChI=1S/C7H13NO2/c1-3-5-4-8-7(9)6(5)10-2/h5-6H,3-4H2,1-2H3,(H,8,9)/t5-,6-/m0/s1. The lowest BCUT2D eigenvalue weighted by Gasteiger charge is -2.11. The van der Waals surface area contributed by atoms with Crippen molar-refractivity contribution in [3.63, 3.8) is 0 Å². The first-order chi connectivity index (χ1) is 4.79.